The average molecular weight is 202 g/mol. The number of anilines is 1. The van der Waals surface area contributed by atoms with E-state index in [1.807, 2.05) is 0 Å². The number of nitrogens with two attached hydrogens (primary N) is 1. The summed E-state index contributed by atoms with van der Waals surface area (Å²) in [6.07, 6.45) is 5.09. The Bertz CT molecular complexity index is 363. The lowest BCUT2D eigenvalue weighted by Gasteiger charge is -2.49. The van der Waals surface area contributed by atoms with Crippen LogP contribution in [0.25, 0.3) is 0 Å². The normalized spacial score (nSPS) is 22.3. The largest absolute Gasteiger partial charge is 0.364 e. The van der Waals surface area contributed by atoms with Crippen molar-refractivity contribution in [2.75, 3.05) is 18.0 Å². The van der Waals surface area contributed by atoms with Crippen LogP contribution in [-0.4, -0.2) is 18.6 Å². The Morgan fingerprint density at radius 1 is 1.27 bits per heavy atom. The van der Waals surface area contributed by atoms with E-state index < -0.39 is 0 Å². The minimum absolute atomic E-state index is 0.298. The van der Waals surface area contributed by atoms with Crippen LogP contribution in [0.1, 0.15) is 24.8 Å². The molecule has 1 aliphatic carbocycles. The van der Waals surface area contributed by atoms with Crippen LogP contribution in [0.4, 0.5) is 5.69 Å². The molecule has 15 heavy (non-hydrogen) atoms. The zero-order chi connectivity index (χ0) is 10.3. The van der Waals surface area contributed by atoms with Crippen LogP contribution in [0.2, 0.25) is 0 Å². The molecule has 1 heterocycles. The SMILES string of the molecule is NCC1(N2CCc3ccccc32)CCC1. The van der Waals surface area contributed by atoms with Gasteiger partial charge in [0.25, 0.3) is 0 Å². The van der Waals surface area contributed by atoms with E-state index in [4.69, 9.17) is 5.73 Å². The van der Waals surface area contributed by atoms with Gasteiger partial charge < -0.3 is 10.6 Å². The second-order valence-electron chi connectivity index (χ2n) is 4.81. The monoisotopic (exact) mass is 202 g/mol. The Morgan fingerprint density at radius 3 is 2.73 bits per heavy atom. The Hall–Kier alpha value is -1.02. The summed E-state index contributed by atoms with van der Waals surface area (Å²) in [5.41, 5.74) is 9.19. The highest BCUT2D eigenvalue weighted by molar-refractivity contribution is 5.60. The van der Waals surface area contributed by atoms with E-state index in [2.05, 4.69) is 29.2 Å². The predicted octanol–water partition coefficient (Wildman–Crippen LogP) is 1.93. The van der Waals surface area contributed by atoms with Gasteiger partial charge in [0.1, 0.15) is 0 Å². The van der Waals surface area contributed by atoms with E-state index in [0.29, 0.717) is 5.54 Å². The van der Waals surface area contributed by atoms with Gasteiger partial charge in [0, 0.05) is 18.8 Å². The van der Waals surface area contributed by atoms with Gasteiger partial charge >= 0.3 is 0 Å². The molecule has 2 aliphatic rings. The predicted molar refractivity (Wildman–Crippen MR) is 63.1 cm³/mol. The molecule has 1 saturated carbocycles. The van der Waals surface area contributed by atoms with Crippen LogP contribution < -0.4 is 10.6 Å². The molecular weight excluding hydrogens is 184 g/mol. The summed E-state index contributed by atoms with van der Waals surface area (Å²) < 4.78 is 0. The van der Waals surface area contributed by atoms with Crippen molar-refractivity contribution in [2.45, 2.75) is 31.2 Å². The lowest BCUT2D eigenvalue weighted by Crippen LogP contribution is -2.58. The van der Waals surface area contributed by atoms with Gasteiger partial charge in [0.2, 0.25) is 0 Å². The van der Waals surface area contributed by atoms with Gasteiger partial charge in [-0.15, -0.1) is 0 Å². The maximum atomic E-state index is 5.96. The molecule has 0 unspecified atom stereocenters. The highest BCUT2D eigenvalue weighted by atomic mass is 15.2. The molecule has 1 fully saturated rings. The highest BCUT2D eigenvalue weighted by Gasteiger charge is 2.43. The molecule has 1 aromatic rings. The van der Waals surface area contributed by atoms with Crippen LogP contribution in [-0.2, 0) is 6.42 Å². The molecule has 2 nitrogen and oxygen atoms in total. The minimum atomic E-state index is 0.298. The Kier molecular flexibility index (Phi) is 1.99. The number of hydrogen-bond acceptors (Lipinski definition) is 2. The summed E-state index contributed by atoms with van der Waals surface area (Å²) in [6, 6.07) is 8.77. The summed E-state index contributed by atoms with van der Waals surface area (Å²) in [5.74, 6) is 0. The first-order valence-electron chi connectivity index (χ1n) is 5.91. The van der Waals surface area contributed by atoms with Crippen molar-refractivity contribution in [3.63, 3.8) is 0 Å². The number of rotatable bonds is 2. The fourth-order valence-corrected chi connectivity index (χ4v) is 3.00. The molecule has 0 atom stereocenters. The van der Waals surface area contributed by atoms with E-state index in [1.54, 1.807) is 0 Å². The number of hydrogen-bond donors (Lipinski definition) is 1. The highest BCUT2D eigenvalue weighted by Crippen LogP contribution is 2.43. The average Bonchev–Trinajstić information content (AvgIpc) is 2.62. The molecule has 0 amide bonds. The zero-order valence-electron chi connectivity index (χ0n) is 9.08. The summed E-state index contributed by atoms with van der Waals surface area (Å²) >= 11 is 0. The Morgan fingerprint density at radius 2 is 2.07 bits per heavy atom. The lowest BCUT2D eigenvalue weighted by atomic mass is 9.75. The first kappa shape index (κ1) is 9.22. The Balaban J connectivity index is 1.96. The van der Waals surface area contributed by atoms with Crippen molar-refractivity contribution < 1.29 is 0 Å². The molecule has 1 aromatic carbocycles. The van der Waals surface area contributed by atoms with Crippen molar-refractivity contribution in [2.24, 2.45) is 5.73 Å². The van der Waals surface area contributed by atoms with E-state index in [-0.39, 0.29) is 0 Å². The maximum absolute atomic E-state index is 5.96. The maximum Gasteiger partial charge on any atom is 0.0524 e. The van der Waals surface area contributed by atoms with E-state index in [9.17, 15) is 0 Å². The second-order valence-corrected chi connectivity index (χ2v) is 4.81. The van der Waals surface area contributed by atoms with Gasteiger partial charge in [-0.2, -0.15) is 0 Å². The van der Waals surface area contributed by atoms with Crippen molar-refractivity contribution >= 4 is 5.69 Å². The standard InChI is InChI=1S/C13H18N2/c14-10-13(7-3-8-13)15-9-6-11-4-1-2-5-12(11)15/h1-2,4-5H,3,6-10,14H2. The van der Waals surface area contributed by atoms with Gasteiger partial charge in [0.05, 0.1) is 5.54 Å². The fraction of sp³-hybridized carbons (Fsp3) is 0.538. The Labute approximate surface area is 91.1 Å². The molecular formula is C13H18N2. The molecule has 0 saturated heterocycles. The smallest absolute Gasteiger partial charge is 0.0524 e. The first-order valence-corrected chi connectivity index (χ1v) is 5.91. The van der Waals surface area contributed by atoms with Crippen LogP contribution in [0.5, 0.6) is 0 Å². The molecule has 0 aromatic heterocycles. The van der Waals surface area contributed by atoms with Crippen LogP contribution in [0.3, 0.4) is 0 Å². The number of nitrogens with zero attached hydrogens (tertiary/aromatic N) is 1. The van der Waals surface area contributed by atoms with Gasteiger partial charge in [-0.1, -0.05) is 18.2 Å². The third kappa shape index (κ3) is 1.21. The molecule has 80 valence electrons. The van der Waals surface area contributed by atoms with Crippen molar-refractivity contribution in [3.05, 3.63) is 29.8 Å². The third-order valence-corrected chi connectivity index (χ3v) is 4.12. The van der Waals surface area contributed by atoms with Crippen LogP contribution in [0, 0.1) is 0 Å². The fourth-order valence-electron chi connectivity index (χ4n) is 3.00. The van der Waals surface area contributed by atoms with Crippen LogP contribution >= 0.6 is 0 Å². The number of fused-ring (bicyclic) bond motifs is 1. The summed E-state index contributed by atoms with van der Waals surface area (Å²) in [5, 5.41) is 0. The van der Waals surface area contributed by atoms with Gasteiger partial charge in [-0.25, -0.2) is 0 Å². The lowest BCUT2D eigenvalue weighted by molar-refractivity contribution is 0.240. The minimum Gasteiger partial charge on any atom is -0.364 e. The number of para-hydroxylation sites is 1. The van der Waals surface area contributed by atoms with Crippen molar-refractivity contribution in [3.8, 4) is 0 Å². The molecule has 0 spiro atoms. The van der Waals surface area contributed by atoms with Gasteiger partial charge in [-0.3, -0.25) is 0 Å². The van der Waals surface area contributed by atoms with E-state index in [1.165, 1.54) is 36.9 Å². The summed E-state index contributed by atoms with van der Waals surface area (Å²) in [7, 11) is 0. The van der Waals surface area contributed by atoms with Crippen molar-refractivity contribution in [1.82, 2.24) is 0 Å². The molecule has 2 heteroatoms. The molecule has 2 N–H and O–H groups in total. The van der Waals surface area contributed by atoms with Crippen molar-refractivity contribution in [1.29, 1.82) is 0 Å². The molecule has 3 rings (SSSR count). The second kappa shape index (κ2) is 3.24. The summed E-state index contributed by atoms with van der Waals surface area (Å²) in [4.78, 5) is 2.56. The van der Waals surface area contributed by atoms with Crippen LogP contribution in [0.15, 0.2) is 24.3 Å². The topological polar surface area (TPSA) is 29.3 Å². The number of benzene rings is 1. The molecule has 1 aliphatic heterocycles. The van der Waals surface area contributed by atoms with E-state index in [0.717, 1.165) is 13.1 Å². The van der Waals surface area contributed by atoms with Gasteiger partial charge in [0.15, 0.2) is 0 Å². The van der Waals surface area contributed by atoms with E-state index >= 15 is 0 Å². The third-order valence-electron chi connectivity index (χ3n) is 4.12. The summed E-state index contributed by atoms with van der Waals surface area (Å²) in [6.45, 7) is 1.97. The molecule has 0 bridgehead atoms. The zero-order valence-corrected chi connectivity index (χ0v) is 9.08. The first-order chi connectivity index (χ1) is 7.36. The quantitative estimate of drug-likeness (QED) is 0.794. The molecule has 0 radical (unpaired) electrons. The van der Waals surface area contributed by atoms with Gasteiger partial charge in [-0.05, 0) is 37.3 Å².